The fraction of sp³-hybridized carbons (Fsp3) is 0.455. The van der Waals surface area contributed by atoms with Crippen LogP contribution in [0.2, 0.25) is 5.02 Å². The summed E-state index contributed by atoms with van der Waals surface area (Å²) in [5.41, 5.74) is 19.0. The first kappa shape index (κ1) is 23.1. The Morgan fingerprint density at radius 1 is 1.42 bits per heavy atom. The van der Waals surface area contributed by atoms with E-state index < -0.39 is 6.67 Å². The zero-order valence-corrected chi connectivity index (χ0v) is 18.5. The van der Waals surface area contributed by atoms with E-state index in [1.807, 2.05) is 6.08 Å². The van der Waals surface area contributed by atoms with Crippen LogP contribution < -0.4 is 22.2 Å². The number of aliphatic imine (C=N–C) groups is 1. The molecule has 0 saturated carbocycles. The first-order valence-electron chi connectivity index (χ1n) is 10.5. The summed E-state index contributed by atoms with van der Waals surface area (Å²) in [6.07, 6.45) is 4.72. The van der Waals surface area contributed by atoms with Crippen LogP contribution in [0.5, 0.6) is 0 Å². The highest BCUT2D eigenvalue weighted by Crippen LogP contribution is 2.23. The van der Waals surface area contributed by atoms with E-state index in [4.69, 9.17) is 23.1 Å². The second-order valence-electron chi connectivity index (χ2n) is 7.89. The average Bonchev–Trinajstić information content (AvgIpc) is 2.71. The summed E-state index contributed by atoms with van der Waals surface area (Å²) in [6.45, 7) is 6.81. The summed E-state index contributed by atoms with van der Waals surface area (Å²) < 4.78 is 13.5. The predicted molar refractivity (Wildman–Crippen MR) is 125 cm³/mol. The number of hydrogen-bond donors (Lipinski definition) is 4. The van der Waals surface area contributed by atoms with Gasteiger partial charge in [-0.3, -0.25) is 10.4 Å². The molecule has 0 aromatic heterocycles. The molecule has 2 aliphatic rings. The van der Waals surface area contributed by atoms with Crippen LogP contribution in [0.1, 0.15) is 30.4 Å². The number of nitrogens with zero attached hydrogens (tertiary/aromatic N) is 3. The van der Waals surface area contributed by atoms with E-state index in [2.05, 4.69) is 32.5 Å². The second kappa shape index (κ2) is 11.2. The first-order valence-corrected chi connectivity index (χ1v) is 10.9. The summed E-state index contributed by atoms with van der Waals surface area (Å²) in [5, 5.41) is 7.67. The van der Waals surface area contributed by atoms with Gasteiger partial charge in [0.1, 0.15) is 12.5 Å². The lowest BCUT2D eigenvalue weighted by Crippen LogP contribution is -2.41. The summed E-state index contributed by atoms with van der Waals surface area (Å²) in [6, 6.07) is 5.20. The molecule has 0 bridgehead atoms. The molecule has 2 heterocycles. The predicted octanol–water partition coefficient (Wildman–Crippen LogP) is 2.63. The number of hydrazone groups is 1. The smallest absolute Gasteiger partial charge is 0.142 e. The van der Waals surface area contributed by atoms with Crippen molar-refractivity contribution in [2.45, 2.75) is 32.5 Å². The third-order valence-corrected chi connectivity index (χ3v) is 5.92. The van der Waals surface area contributed by atoms with Crippen LogP contribution in [0.15, 0.2) is 51.5 Å². The fourth-order valence-electron chi connectivity index (χ4n) is 3.78. The number of benzene rings is 1. The maximum atomic E-state index is 13.5. The monoisotopic (exact) mass is 447 g/mol. The molecule has 31 heavy (non-hydrogen) atoms. The van der Waals surface area contributed by atoms with Gasteiger partial charge in [-0.1, -0.05) is 17.7 Å². The number of halogens is 2. The quantitative estimate of drug-likeness (QED) is 0.326. The third-order valence-electron chi connectivity index (χ3n) is 5.69. The Hall–Kier alpha value is -2.58. The van der Waals surface area contributed by atoms with Crippen molar-refractivity contribution in [3.05, 3.63) is 57.5 Å². The highest BCUT2D eigenvalue weighted by Gasteiger charge is 2.20. The first-order chi connectivity index (χ1) is 15.0. The van der Waals surface area contributed by atoms with Crippen LogP contribution in [0, 0.1) is 5.92 Å². The molecule has 0 radical (unpaired) electrons. The fourth-order valence-corrected chi connectivity index (χ4v) is 3.97. The van der Waals surface area contributed by atoms with Crippen LogP contribution in [0.3, 0.4) is 0 Å². The molecule has 0 spiro atoms. The standard InChI is InChI=1S/C22H31ClFN7/c1-27-30-20(4-2-3-15-12-28-13-15)19(25)10-21-22(26)29-7-8-31(21)14-17-9-18(23)6-5-16(17)11-24/h5-6,9-10,15,28,30H,1-4,7-8,11-14,25H2,(H2,26,29). The number of nitrogens with two attached hydrogens (primary N) is 2. The van der Waals surface area contributed by atoms with Crippen molar-refractivity contribution in [3.8, 4) is 0 Å². The molecule has 1 aromatic rings. The summed E-state index contributed by atoms with van der Waals surface area (Å²) in [5.74, 6) is 1.14. The van der Waals surface area contributed by atoms with Gasteiger partial charge in [0.05, 0.1) is 23.6 Å². The van der Waals surface area contributed by atoms with Crippen LogP contribution in [-0.4, -0.2) is 43.6 Å². The van der Waals surface area contributed by atoms with Crippen LogP contribution >= 0.6 is 11.6 Å². The van der Waals surface area contributed by atoms with E-state index in [1.165, 1.54) is 0 Å². The van der Waals surface area contributed by atoms with Crippen LogP contribution in [-0.2, 0) is 13.2 Å². The van der Waals surface area contributed by atoms with Gasteiger partial charge in [-0.25, -0.2) is 4.39 Å². The molecule has 3 rings (SSSR count). The van der Waals surface area contributed by atoms with Crippen molar-refractivity contribution >= 4 is 24.2 Å². The number of allylic oxidation sites excluding steroid dienone is 2. The number of nitrogens with one attached hydrogen (secondary N) is 2. The SMILES string of the molecule is C=NNC(CCCC1CNC1)=C(N)C=C1C(N)=NCCN1Cc1cc(Cl)ccc1CF. The van der Waals surface area contributed by atoms with Gasteiger partial charge in [-0.05, 0) is 67.6 Å². The molecule has 1 saturated heterocycles. The summed E-state index contributed by atoms with van der Waals surface area (Å²) >= 11 is 6.14. The van der Waals surface area contributed by atoms with E-state index >= 15 is 0 Å². The second-order valence-corrected chi connectivity index (χ2v) is 8.32. The minimum absolute atomic E-state index is 0.407. The third kappa shape index (κ3) is 6.21. The van der Waals surface area contributed by atoms with E-state index in [9.17, 15) is 4.39 Å². The molecule has 6 N–H and O–H groups in total. The van der Waals surface area contributed by atoms with E-state index in [0.29, 0.717) is 47.5 Å². The largest absolute Gasteiger partial charge is 0.397 e. The molecule has 1 fully saturated rings. The van der Waals surface area contributed by atoms with Crippen molar-refractivity contribution in [3.63, 3.8) is 0 Å². The minimum Gasteiger partial charge on any atom is -0.397 e. The molecule has 0 unspecified atom stereocenters. The van der Waals surface area contributed by atoms with Crippen molar-refractivity contribution in [1.29, 1.82) is 0 Å². The molecule has 0 aliphatic carbocycles. The van der Waals surface area contributed by atoms with Gasteiger partial charge >= 0.3 is 0 Å². The van der Waals surface area contributed by atoms with Crippen molar-refractivity contribution < 1.29 is 4.39 Å². The molecule has 2 aliphatic heterocycles. The Morgan fingerprint density at radius 3 is 2.90 bits per heavy atom. The van der Waals surface area contributed by atoms with Crippen LogP contribution in [0.4, 0.5) is 4.39 Å². The van der Waals surface area contributed by atoms with Crippen LogP contribution in [0.25, 0.3) is 0 Å². The highest BCUT2D eigenvalue weighted by molar-refractivity contribution is 6.30. The summed E-state index contributed by atoms with van der Waals surface area (Å²) in [7, 11) is 0. The lowest BCUT2D eigenvalue weighted by atomic mass is 9.96. The molecular formula is C22H31ClFN7. The molecular weight excluding hydrogens is 417 g/mol. The Bertz CT molecular complexity index is 877. The normalized spacial score (nSPS) is 19.0. The van der Waals surface area contributed by atoms with Gasteiger partial charge in [0.2, 0.25) is 0 Å². The van der Waals surface area contributed by atoms with Gasteiger partial charge in [0, 0.05) is 24.8 Å². The maximum Gasteiger partial charge on any atom is 0.142 e. The Labute approximate surface area is 188 Å². The molecule has 168 valence electrons. The lowest BCUT2D eigenvalue weighted by molar-refractivity contribution is 0.320. The number of amidine groups is 1. The Kier molecular flexibility index (Phi) is 8.31. The van der Waals surface area contributed by atoms with Crippen molar-refractivity contribution in [1.82, 2.24) is 15.6 Å². The molecule has 1 aromatic carbocycles. The van der Waals surface area contributed by atoms with Gasteiger partial charge in [-0.2, -0.15) is 5.10 Å². The number of alkyl halides is 1. The van der Waals surface area contributed by atoms with E-state index in [-0.39, 0.29) is 0 Å². The summed E-state index contributed by atoms with van der Waals surface area (Å²) in [4.78, 5) is 6.42. The topological polar surface area (TPSA) is 104 Å². The van der Waals surface area contributed by atoms with Gasteiger partial charge in [0.25, 0.3) is 0 Å². The van der Waals surface area contributed by atoms with Gasteiger partial charge in [0.15, 0.2) is 0 Å². The van der Waals surface area contributed by atoms with Gasteiger partial charge < -0.3 is 21.7 Å². The Balaban J connectivity index is 1.81. The molecule has 0 atom stereocenters. The highest BCUT2D eigenvalue weighted by atomic mass is 35.5. The van der Waals surface area contributed by atoms with Crippen molar-refractivity contribution in [2.75, 3.05) is 26.2 Å². The average molecular weight is 448 g/mol. The molecule has 7 nitrogen and oxygen atoms in total. The van der Waals surface area contributed by atoms with Crippen molar-refractivity contribution in [2.24, 2.45) is 27.5 Å². The zero-order valence-electron chi connectivity index (χ0n) is 17.7. The number of hydrogen-bond acceptors (Lipinski definition) is 7. The van der Waals surface area contributed by atoms with E-state index in [1.54, 1.807) is 18.2 Å². The minimum atomic E-state index is -0.555. The Morgan fingerprint density at radius 2 is 2.23 bits per heavy atom. The number of rotatable bonds is 10. The zero-order chi connectivity index (χ0) is 22.2. The van der Waals surface area contributed by atoms with Gasteiger partial charge in [-0.15, -0.1) is 0 Å². The lowest BCUT2D eigenvalue weighted by Gasteiger charge is -2.31. The molecule has 0 amide bonds. The maximum absolute atomic E-state index is 13.5. The molecule has 9 heteroatoms. The van der Waals surface area contributed by atoms with E-state index in [0.717, 1.165) is 49.5 Å².